The van der Waals surface area contributed by atoms with Gasteiger partial charge >= 0.3 is 5.97 Å². The SMILES string of the molecule is O=C(O)[C@@]1(Cc2ccccc2Br)COC(c2ccc(OCCCO)cc2)=N1. The Labute approximate surface area is 165 Å². The van der Waals surface area contributed by atoms with Gasteiger partial charge in [0.1, 0.15) is 12.4 Å². The quantitative estimate of drug-likeness (QED) is 0.624. The molecule has 6 nitrogen and oxygen atoms in total. The Hall–Kier alpha value is -2.38. The summed E-state index contributed by atoms with van der Waals surface area (Å²) in [6, 6.07) is 14.6. The van der Waals surface area contributed by atoms with E-state index in [1.807, 2.05) is 24.3 Å². The predicted molar refractivity (Wildman–Crippen MR) is 104 cm³/mol. The summed E-state index contributed by atoms with van der Waals surface area (Å²) in [5.41, 5.74) is 0.205. The Morgan fingerprint density at radius 1 is 1.22 bits per heavy atom. The van der Waals surface area contributed by atoms with E-state index >= 15 is 0 Å². The average molecular weight is 434 g/mol. The lowest BCUT2D eigenvalue weighted by atomic mass is 9.92. The molecule has 27 heavy (non-hydrogen) atoms. The van der Waals surface area contributed by atoms with Crippen molar-refractivity contribution in [3.05, 3.63) is 64.1 Å². The van der Waals surface area contributed by atoms with Gasteiger partial charge in [0.2, 0.25) is 5.90 Å². The van der Waals surface area contributed by atoms with Gasteiger partial charge in [0.05, 0.1) is 6.61 Å². The maximum atomic E-state index is 12.0. The minimum atomic E-state index is -1.35. The van der Waals surface area contributed by atoms with Crippen LogP contribution in [0.25, 0.3) is 0 Å². The van der Waals surface area contributed by atoms with Gasteiger partial charge in [0, 0.05) is 29.5 Å². The minimum absolute atomic E-state index is 0.0201. The van der Waals surface area contributed by atoms with Crippen molar-refractivity contribution in [1.29, 1.82) is 0 Å². The molecule has 3 rings (SSSR count). The maximum Gasteiger partial charge on any atom is 0.335 e. The van der Waals surface area contributed by atoms with Gasteiger partial charge in [-0.3, -0.25) is 0 Å². The molecule has 0 unspecified atom stereocenters. The zero-order valence-electron chi connectivity index (χ0n) is 14.6. The molecule has 0 saturated heterocycles. The lowest BCUT2D eigenvalue weighted by Gasteiger charge is -2.19. The van der Waals surface area contributed by atoms with Gasteiger partial charge in [-0.15, -0.1) is 0 Å². The topological polar surface area (TPSA) is 88.4 Å². The number of hydrogen-bond acceptors (Lipinski definition) is 5. The first-order valence-electron chi connectivity index (χ1n) is 8.58. The highest BCUT2D eigenvalue weighted by atomic mass is 79.9. The third-order valence-electron chi connectivity index (χ3n) is 4.27. The lowest BCUT2D eigenvalue weighted by molar-refractivity contribution is -0.143. The number of carboxylic acids is 1. The first-order valence-corrected chi connectivity index (χ1v) is 9.37. The van der Waals surface area contributed by atoms with Crippen LogP contribution in [0.5, 0.6) is 5.75 Å². The number of benzene rings is 2. The minimum Gasteiger partial charge on any atom is -0.494 e. The molecule has 1 aliphatic heterocycles. The normalized spacial score (nSPS) is 18.7. The molecular formula is C20H20BrNO5. The van der Waals surface area contributed by atoms with E-state index in [0.29, 0.717) is 30.2 Å². The zero-order chi connectivity index (χ0) is 19.3. The molecule has 7 heteroatoms. The summed E-state index contributed by atoms with van der Waals surface area (Å²) >= 11 is 3.46. The number of carboxylic acid groups (broad SMARTS) is 1. The van der Waals surface area contributed by atoms with E-state index in [-0.39, 0.29) is 19.6 Å². The van der Waals surface area contributed by atoms with Crippen LogP contribution < -0.4 is 4.74 Å². The van der Waals surface area contributed by atoms with E-state index in [9.17, 15) is 9.90 Å². The highest BCUT2D eigenvalue weighted by molar-refractivity contribution is 9.10. The number of nitrogens with zero attached hydrogens (tertiary/aromatic N) is 1. The van der Waals surface area contributed by atoms with Crippen molar-refractivity contribution in [3.8, 4) is 5.75 Å². The van der Waals surface area contributed by atoms with Crippen molar-refractivity contribution in [3.63, 3.8) is 0 Å². The molecule has 1 heterocycles. The molecule has 0 aromatic heterocycles. The third kappa shape index (κ3) is 4.48. The van der Waals surface area contributed by atoms with E-state index in [0.717, 1.165) is 10.0 Å². The van der Waals surface area contributed by atoms with Gasteiger partial charge < -0.3 is 19.7 Å². The van der Waals surface area contributed by atoms with Crippen LogP contribution in [0, 0.1) is 0 Å². The average Bonchev–Trinajstić information content (AvgIpc) is 3.10. The largest absolute Gasteiger partial charge is 0.494 e. The fourth-order valence-electron chi connectivity index (χ4n) is 2.78. The number of ether oxygens (including phenoxy) is 2. The van der Waals surface area contributed by atoms with Crippen LogP contribution in [-0.4, -0.2) is 47.4 Å². The molecule has 0 bridgehead atoms. The van der Waals surface area contributed by atoms with Crippen molar-refractivity contribution in [2.24, 2.45) is 4.99 Å². The summed E-state index contributed by atoms with van der Waals surface area (Å²) in [4.78, 5) is 16.4. The molecule has 2 N–H and O–H groups in total. The van der Waals surface area contributed by atoms with E-state index in [2.05, 4.69) is 20.9 Å². The lowest BCUT2D eigenvalue weighted by Crippen LogP contribution is -2.40. The van der Waals surface area contributed by atoms with E-state index in [4.69, 9.17) is 14.6 Å². The van der Waals surface area contributed by atoms with Gasteiger partial charge in [-0.1, -0.05) is 34.1 Å². The van der Waals surface area contributed by atoms with Crippen molar-refractivity contribution in [2.75, 3.05) is 19.8 Å². The molecule has 1 atom stereocenters. The molecule has 1 aliphatic rings. The number of halogens is 1. The Morgan fingerprint density at radius 3 is 2.63 bits per heavy atom. The number of aliphatic hydroxyl groups excluding tert-OH is 1. The monoisotopic (exact) mass is 433 g/mol. The fraction of sp³-hybridized carbons (Fsp3) is 0.300. The standard InChI is InChI=1S/C20H20BrNO5/c21-17-5-2-1-4-15(17)12-20(19(24)25)13-27-18(22-20)14-6-8-16(9-7-14)26-11-3-10-23/h1-2,4-9,23H,3,10-13H2,(H,24,25)/t20-/m1/s1. The van der Waals surface area contributed by atoms with Crippen molar-refractivity contribution in [1.82, 2.24) is 0 Å². The van der Waals surface area contributed by atoms with Gasteiger partial charge in [0.25, 0.3) is 0 Å². The van der Waals surface area contributed by atoms with Crippen LogP contribution in [0.15, 0.2) is 58.0 Å². The van der Waals surface area contributed by atoms with Crippen LogP contribution >= 0.6 is 15.9 Å². The Bertz CT molecular complexity index is 837. The molecule has 2 aromatic rings. The van der Waals surface area contributed by atoms with Crippen molar-refractivity contribution >= 4 is 27.8 Å². The number of aliphatic hydroxyl groups is 1. The first-order chi connectivity index (χ1) is 13.0. The smallest absolute Gasteiger partial charge is 0.335 e. The number of rotatable bonds is 8. The number of hydrogen-bond donors (Lipinski definition) is 2. The van der Waals surface area contributed by atoms with Crippen LogP contribution in [0.2, 0.25) is 0 Å². The molecule has 2 aromatic carbocycles. The zero-order valence-corrected chi connectivity index (χ0v) is 16.2. The summed E-state index contributed by atoms with van der Waals surface area (Å²) in [5, 5.41) is 18.6. The Morgan fingerprint density at radius 2 is 1.96 bits per heavy atom. The second kappa shape index (κ2) is 8.54. The maximum absolute atomic E-state index is 12.0. The molecule has 0 radical (unpaired) electrons. The summed E-state index contributed by atoms with van der Waals surface area (Å²) in [6.07, 6.45) is 0.795. The van der Waals surface area contributed by atoms with Crippen LogP contribution in [-0.2, 0) is 16.0 Å². The summed E-state index contributed by atoms with van der Waals surface area (Å²) in [7, 11) is 0. The van der Waals surface area contributed by atoms with Crippen LogP contribution in [0.3, 0.4) is 0 Å². The summed E-state index contributed by atoms with van der Waals surface area (Å²) in [6.45, 7) is 0.493. The number of aliphatic imine (C=N–C) groups is 1. The molecule has 0 amide bonds. The van der Waals surface area contributed by atoms with Gasteiger partial charge in [-0.05, 0) is 35.9 Å². The van der Waals surface area contributed by atoms with Crippen LogP contribution in [0.1, 0.15) is 17.5 Å². The van der Waals surface area contributed by atoms with E-state index < -0.39 is 11.5 Å². The fourth-order valence-corrected chi connectivity index (χ4v) is 3.20. The number of carbonyl (C=O) groups is 1. The van der Waals surface area contributed by atoms with Crippen LogP contribution in [0.4, 0.5) is 0 Å². The van der Waals surface area contributed by atoms with Gasteiger partial charge in [-0.2, -0.15) is 0 Å². The second-order valence-corrected chi connectivity index (χ2v) is 7.11. The van der Waals surface area contributed by atoms with E-state index in [1.165, 1.54) is 0 Å². The molecule has 0 fully saturated rings. The molecule has 142 valence electrons. The van der Waals surface area contributed by atoms with Gasteiger partial charge in [-0.25, -0.2) is 9.79 Å². The first kappa shape index (κ1) is 19.4. The van der Waals surface area contributed by atoms with Crippen molar-refractivity contribution < 1.29 is 24.5 Å². The Balaban J connectivity index is 1.80. The predicted octanol–water partition coefficient (Wildman–Crippen LogP) is 3.05. The highest BCUT2D eigenvalue weighted by Gasteiger charge is 2.45. The number of aliphatic carboxylic acids is 1. The van der Waals surface area contributed by atoms with E-state index in [1.54, 1.807) is 24.3 Å². The molecule has 0 aliphatic carbocycles. The van der Waals surface area contributed by atoms with Crippen molar-refractivity contribution in [2.45, 2.75) is 18.4 Å². The van der Waals surface area contributed by atoms with Gasteiger partial charge in [0.15, 0.2) is 5.54 Å². The Kier molecular flexibility index (Phi) is 6.13. The third-order valence-corrected chi connectivity index (χ3v) is 5.05. The summed E-state index contributed by atoms with van der Waals surface area (Å²) < 4.78 is 12.0. The highest BCUT2D eigenvalue weighted by Crippen LogP contribution is 2.30. The molecule has 0 spiro atoms. The molecule has 0 saturated carbocycles. The molecular weight excluding hydrogens is 414 g/mol. The second-order valence-electron chi connectivity index (χ2n) is 6.26. The summed E-state index contributed by atoms with van der Waals surface area (Å²) in [5.74, 6) is -0.0351.